The molecule has 20 heavy (non-hydrogen) atoms. The summed E-state index contributed by atoms with van der Waals surface area (Å²) in [5, 5.41) is 9.71. The van der Waals surface area contributed by atoms with Crippen LogP contribution in [0.3, 0.4) is 0 Å². The lowest BCUT2D eigenvalue weighted by molar-refractivity contribution is 0.622. The van der Waals surface area contributed by atoms with Crippen molar-refractivity contribution in [2.45, 2.75) is 0 Å². The van der Waals surface area contributed by atoms with Gasteiger partial charge in [0.2, 0.25) is 0 Å². The Balaban J connectivity index is 2.05. The third-order valence-corrected chi connectivity index (χ3v) is 3.67. The molecule has 0 saturated carbocycles. The van der Waals surface area contributed by atoms with E-state index < -0.39 is 5.82 Å². The van der Waals surface area contributed by atoms with Crippen molar-refractivity contribution in [1.29, 1.82) is 5.26 Å². The number of pyridine rings is 2. The molecule has 0 aliphatic carbocycles. The van der Waals surface area contributed by atoms with E-state index in [4.69, 9.17) is 5.26 Å². The molecule has 0 amide bonds. The summed E-state index contributed by atoms with van der Waals surface area (Å²) in [5.41, 5.74) is 1.68. The summed E-state index contributed by atoms with van der Waals surface area (Å²) in [5.74, 6) is -0.408. The molecule has 0 radical (unpaired) electrons. The quantitative estimate of drug-likeness (QED) is 0.723. The van der Waals surface area contributed by atoms with Gasteiger partial charge >= 0.3 is 0 Å². The van der Waals surface area contributed by atoms with E-state index in [9.17, 15) is 4.39 Å². The van der Waals surface area contributed by atoms with E-state index >= 15 is 0 Å². The topological polar surface area (TPSA) is 62.5 Å². The first kappa shape index (κ1) is 12.4. The first-order chi connectivity index (χ1) is 9.78. The molecule has 3 heterocycles. The summed E-state index contributed by atoms with van der Waals surface area (Å²) in [6.07, 6.45) is 5.95. The average Bonchev–Trinajstić information content (AvgIpc) is 2.97. The lowest BCUT2D eigenvalue weighted by atomic mass is 10.2. The Labute approximate surface area is 118 Å². The fraction of sp³-hybridized carbons (Fsp3) is 0. The molecule has 4 nitrogen and oxygen atoms in total. The largest absolute Gasteiger partial charge is 0.261 e. The second-order valence-electron chi connectivity index (χ2n) is 3.93. The van der Waals surface area contributed by atoms with Gasteiger partial charge in [-0.25, -0.2) is 9.37 Å². The molecule has 0 N–H and O–H groups in total. The highest BCUT2D eigenvalue weighted by Crippen LogP contribution is 2.32. The normalized spacial score (nSPS) is 10.2. The zero-order chi connectivity index (χ0) is 13.9. The minimum absolute atomic E-state index is 0.408. The molecular formula is C14H7FN4S. The van der Waals surface area contributed by atoms with E-state index in [0.717, 1.165) is 11.1 Å². The molecule has 0 aliphatic rings. The monoisotopic (exact) mass is 282 g/mol. The summed E-state index contributed by atoms with van der Waals surface area (Å²) in [7, 11) is 0. The van der Waals surface area contributed by atoms with Gasteiger partial charge in [-0.15, -0.1) is 11.3 Å². The summed E-state index contributed by atoms with van der Waals surface area (Å²) in [4.78, 5) is 13.0. The number of halogens is 1. The lowest BCUT2D eigenvalue weighted by Gasteiger charge is -1.97. The number of hydrogen-bond donors (Lipinski definition) is 0. The van der Waals surface area contributed by atoms with Crippen LogP contribution in [-0.4, -0.2) is 15.0 Å². The van der Waals surface area contributed by atoms with Crippen molar-refractivity contribution in [3.8, 4) is 27.2 Å². The Morgan fingerprint density at radius 2 is 2.10 bits per heavy atom. The third-order valence-electron chi connectivity index (χ3n) is 2.62. The van der Waals surface area contributed by atoms with Crippen LogP contribution in [0, 0.1) is 17.1 Å². The Morgan fingerprint density at radius 3 is 2.90 bits per heavy atom. The molecule has 3 aromatic rings. The van der Waals surface area contributed by atoms with Crippen LogP contribution in [0.15, 0.2) is 43.0 Å². The van der Waals surface area contributed by atoms with Gasteiger partial charge in [-0.2, -0.15) is 5.26 Å². The highest BCUT2D eigenvalue weighted by Gasteiger charge is 2.11. The highest BCUT2D eigenvalue weighted by atomic mass is 32.1. The average molecular weight is 282 g/mol. The molecule has 96 valence electrons. The van der Waals surface area contributed by atoms with E-state index in [1.54, 1.807) is 30.7 Å². The van der Waals surface area contributed by atoms with Crippen LogP contribution in [-0.2, 0) is 0 Å². The zero-order valence-electron chi connectivity index (χ0n) is 10.1. The summed E-state index contributed by atoms with van der Waals surface area (Å²) in [6.45, 7) is 0. The first-order valence-electron chi connectivity index (χ1n) is 5.70. The molecule has 0 spiro atoms. The molecule has 0 atom stereocenters. The van der Waals surface area contributed by atoms with E-state index in [-0.39, 0.29) is 0 Å². The van der Waals surface area contributed by atoms with Gasteiger partial charge in [-0.05, 0) is 18.2 Å². The van der Waals surface area contributed by atoms with Crippen molar-refractivity contribution >= 4 is 11.3 Å². The molecule has 0 unspecified atom stereocenters. The van der Waals surface area contributed by atoms with Gasteiger partial charge in [0, 0.05) is 24.2 Å². The molecule has 0 bridgehead atoms. The molecule has 0 fully saturated rings. The zero-order valence-corrected chi connectivity index (χ0v) is 10.9. The highest BCUT2D eigenvalue weighted by molar-refractivity contribution is 7.18. The minimum Gasteiger partial charge on any atom is -0.261 e. The Morgan fingerprint density at radius 1 is 1.20 bits per heavy atom. The van der Waals surface area contributed by atoms with Crippen molar-refractivity contribution in [2.75, 3.05) is 0 Å². The van der Waals surface area contributed by atoms with Crippen LogP contribution in [0.25, 0.3) is 21.1 Å². The maximum Gasteiger partial charge on any atom is 0.142 e. The van der Waals surface area contributed by atoms with Crippen LogP contribution in [0.4, 0.5) is 4.39 Å². The summed E-state index contributed by atoms with van der Waals surface area (Å²) >= 11 is 1.35. The lowest BCUT2D eigenvalue weighted by Crippen LogP contribution is -1.84. The molecule has 3 rings (SSSR count). The fourth-order valence-corrected chi connectivity index (χ4v) is 2.65. The van der Waals surface area contributed by atoms with Gasteiger partial charge in [0.1, 0.15) is 16.9 Å². The second-order valence-corrected chi connectivity index (χ2v) is 4.96. The molecule has 0 saturated heterocycles. The van der Waals surface area contributed by atoms with Crippen LogP contribution in [0.5, 0.6) is 0 Å². The van der Waals surface area contributed by atoms with E-state index in [2.05, 4.69) is 21.0 Å². The molecule has 6 heteroatoms. The second kappa shape index (κ2) is 5.15. The SMILES string of the molecule is N#Cc1cccnc1-c1cnc(-c2cncc(F)c2)s1. The number of aromatic nitrogens is 3. The van der Waals surface area contributed by atoms with Gasteiger partial charge in [-0.3, -0.25) is 9.97 Å². The standard InChI is InChI=1S/C14H7FN4S/c15-11-4-10(6-17-7-11)14-19-8-12(20-14)13-9(5-16)2-1-3-18-13/h1-4,6-8H. The number of nitriles is 1. The maximum atomic E-state index is 13.2. The molecule has 0 aromatic carbocycles. The molecule has 0 aliphatic heterocycles. The van der Waals surface area contributed by atoms with Gasteiger partial charge < -0.3 is 0 Å². The predicted molar refractivity (Wildman–Crippen MR) is 73.2 cm³/mol. The van der Waals surface area contributed by atoms with Crippen LogP contribution >= 0.6 is 11.3 Å². The van der Waals surface area contributed by atoms with E-state index in [1.165, 1.54) is 17.4 Å². The van der Waals surface area contributed by atoms with Gasteiger partial charge in [0.25, 0.3) is 0 Å². The Hall–Kier alpha value is -2.65. The van der Waals surface area contributed by atoms with Crippen molar-refractivity contribution in [3.63, 3.8) is 0 Å². The van der Waals surface area contributed by atoms with Crippen molar-refractivity contribution in [1.82, 2.24) is 15.0 Å². The summed E-state index contributed by atoms with van der Waals surface area (Å²) < 4.78 is 13.2. The van der Waals surface area contributed by atoms with Gasteiger partial charge in [-0.1, -0.05) is 0 Å². The van der Waals surface area contributed by atoms with Crippen LogP contribution in [0.2, 0.25) is 0 Å². The maximum absolute atomic E-state index is 13.2. The third kappa shape index (κ3) is 2.27. The predicted octanol–water partition coefficient (Wildman–Crippen LogP) is 3.28. The van der Waals surface area contributed by atoms with Crippen molar-refractivity contribution in [3.05, 3.63) is 54.4 Å². The molecule has 3 aromatic heterocycles. The van der Waals surface area contributed by atoms with Crippen LogP contribution < -0.4 is 0 Å². The number of rotatable bonds is 2. The smallest absolute Gasteiger partial charge is 0.142 e. The van der Waals surface area contributed by atoms with Gasteiger partial charge in [0.05, 0.1) is 22.3 Å². The first-order valence-corrected chi connectivity index (χ1v) is 6.52. The number of hydrogen-bond acceptors (Lipinski definition) is 5. The number of nitrogens with zero attached hydrogens (tertiary/aromatic N) is 4. The number of thiazole rings is 1. The van der Waals surface area contributed by atoms with E-state index in [0.29, 0.717) is 21.8 Å². The Kier molecular flexibility index (Phi) is 3.19. The Bertz CT molecular complexity index is 807. The van der Waals surface area contributed by atoms with Crippen LogP contribution in [0.1, 0.15) is 5.56 Å². The molecular weight excluding hydrogens is 275 g/mol. The van der Waals surface area contributed by atoms with Gasteiger partial charge in [0.15, 0.2) is 0 Å². The van der Waals surface area contributed by atoms with E-state index in [1.807, 2.05) is 0 Å². The van der Waals surface area contributed by atoms with Crippen molar-refractivity contribution < 1.29 is 4.39 Å². The van der Waals surface area contributed by atoms with Crippen molar-refractivity contribution in [2.24, 2.45) is 0 Å². The fourth-order valence-electron chi connectivity index (χ4n) is 1.74. The minimum atomic E-state index is -0.408. The summed E-state index contributed by atoms with van der Waals surface area (Å²) in [6, 6.07) is 6.88.